The van der Waals surface area contributed by atoms with Crippen molar-refractivity contribution in [1.82, 2.24) is 0 Å². The summed E-state index contributed by atoms with van der Waals surface area (Å²) in [5.74, 6) is 0.0827. The average Bonchev–Trinajstić information content (AvgIpc) is 2.65. The normalized spacial score (nSPS) is 11.3. The van der Waals surface area contributed by atoms with Gasteiger partial charge in [-0.2, -0.15) is 0 Å². The van der Waals surface area contributed by atoms with Crippen molar-refractivity contribution >= 4 is 19.7 Å². The van der Waals surface area contributed by atoms with Crippen molar-refractivity contribution in [2.75, 3.05) is 20.8 Å². The molecule has 0 aliphatic carbocycles. The van der Waals surface area contributed by atoms with Crippen molar-refractivity contribution in [2.24, 2.45) is 0 Å². The fourth-order valence-corrected chi connectivity index (χ4v) is 2.78. The summed E-state index contributed by atoms with van der Waals surface area (Å²) in [7, 11) is -2.22. The lowest BCUT2D eigenvalue weighted by molar-refractivity contribution is 0.104. The van der Waals surface area contributed by atoms with Crippen molar-refractivity contribution in [3.63, 3.8) is 0 Å². The Labute approximate surface area is 162 Å². The van der Waals surface area contributed by atoms with E-state index < -0.39 is 13.6 Å². The number of hydrogen-bond acceptors (Lipinski definition) is 6. The maximum atomic E-state index is 12.7. The molecule has 0 bridgehead atoms. The van der Waals surface area contributed by atoms with Crippen molar-refractivity contribution in [1.29, 1.82) is 0 Å². The van der Waals surface area contributed by atoms with Crippen LogP contribution in [0.15, 0.2) is 42.5 Å². The zero-order chi connectivity index (χ0) is 20.7. The van der Waals surface area contributed by atoms with Gasteiger partial charge in [-0.25, -0.2) is 4.57 Å². The fourth-order valence-electron chi connectivity index (χ4n) is 2.38. The summed E-state index contributed by atoms with van der Waals surface area (Å²) in [5, 5.41) is 0. The van der Waals surface area contributed by atoms with Crippen LogP contribution in [-0.2, 0) is 4.57 Å². The first-order valence-electron chi connectivity index (χ1n) is 8.23. The first-order chi connectivity index (χ1) is 13.3. The van der Waals surface area contributed by atoms with Crippen LogP contribution in [0.25, 0.3) is 6.08 Å². The number of allylic oxidation sites excluding steroid dienone is 1. The number of rotatable bonds is 9. The molecular formula is C19H21O8P. The van der Waals surface area contributed by atoms with Crippen LogP contribution < -0.4 is 18.7 Å². The molecule has 0 amide bonds. The van der Waals surface area contributed by atoms with Gasteiger partial charge in [0.05, 0.1) is 20.8 Å². The lowest BCUT2D eigenvalue weighted by atomic mass is 10.1. The van der Waals surface area contributed by atoms with E-state index in [0.717, 1.165) is 5.56 Å². The van der Waals surface area contributed by atoms with Gasteiger partial charge >= 0.3 is 7.82 Å². The van der Waals surface area contributed by atoms with Crippen LogP contribution in [0.2, 0.25) is 0 Å². The van der Waals surface area contributed by atoms with Crippen LogP contribution >= 0.6 is 7.82 Å². The fraction of sp³-hybridized carbons (Fsp3) is 0.211. The number of hydrogen-bond donors (Lipinski definition) is 2. The van der Waals surface area contributed by atoms with E-state index in [4.69, 9.17) is 24.0 Å². The number of benzene rings is 2. The van der Waals surface area contributed by atoms with Crippen LogP contribution in [0.5, 0.6) is 23.0 Å². The summed E-state index contributed by atoms with van der Waals surface area (Å²) in [6.45, 7) is 2.43. The molecule has 0 fully saturated rings. The molecule has 0 unspecified atom stereocenters. The highest BCUT2D eigenvalue weighted by atomic mass is 31.2. The molecule has 150 valence electrons. The van der Waals surface area contributed by atoms with Crippen LogP contribution in [0, 0.1) is 0 Å². The average molecular weight is 408 g/mol. The second kappa shape index (κ2) is 9.41. The summed E-state index contributed by atoms with van der Waals surface area (Å²) < 4.78 is 31.5. The highest BCUT2D eigenvalue weighted by Crippen LogP contribution is 2.43. The number of ketones is 1. The third kappa shape index (κ3) is 5.85. The lowest BCUT2D eigenvalue weighted by Gasteiger charge is -2.15. The standard InChI is InChI=1S/C19H21O8P/c1-4-26-14-8-5-13(6-9-14)7-10-16(20)19-17(25-3)11-15(24-2)12-18(19)27-28(21,22)23/h5-12H,4H2,1-3H3,(H2,21,22,23)/b10-7+. The van der Waals surface area contributed by atoms with Crippen LogP contribution in [0.4, 0.5) is 0 Å². The number of ether oxygens (including phenoxy) is 3. The molecule has 8 nitrogen and oxygen atoms in total. The summed E-state index contributed by atoms with van der Waals surface area (Å²) in [6.07, 6.45) is 2.82. The van der Waals surface area contributed by atoms with E-state index >= 15 is 0 Å². The van der Waals surface area contributed by atoms with Gasteiger partial charge < -0.3 is 18.7 Å². The molecule has 0 saturated heterocycles. The SMILES string of the molecule is CCOc1ccc(/C=C/C(=O)c2c(OC)cc(OC)cc2OP(=O)(O)O)cc1. The van der Waals surface area contributed by atoms with Gasteiger partial charge in [0.1, 0.15) is 28.6 Å². The third-order valence-corrected chi connectivity index (χ3v) is 4.01. The summed E-state index contributed by atoms with van der Waals surface area (Å²) in [4.78, 5) is 31.0. The van der Waals surface area contributed by atoms with Crippen LogP contribution in [-0.4, -0.2) is 36.4 Å². The predicted octanol–water partition coefficient (Wildman–Crippen LogP) is 3.47. The number of carbonyl (C=O) groups excluding carboxylic acids is 1. The molecule has 0 aliphatic rings. The van der Waals surface area contributed by atoms with Crippen molar-refractivity contribution in [2.45, 2.75) is 6.92 Å². The zero-order valence-electron chi connectivity index (χ0n) is 15.6. The number of methoxy groups -OCH3 is 2. The van der Waals surface area contributed by atoms with Crippen LogP contribution in [0.1, 0.15) is 22.8 Å². The maximum Gasteiger partial charge on any atom is 0.524 e. The Morgan fingerprint density at radius 1 is 1.04 bits per heavy atom. The van der Waals surface area contributed by atoms with E-state index in [-0.39, 0.29) is 22.8 Å². The Hall–Kier alpha value is -2.80. The minimum atomic E-state index is -4.91. The van der Waals surface area contributed by atoms with Gasteiger partial charge in [0.15, 0.2) is 5.78 Å². The molecule has 2 aromatic rings. The molecule has 0 spiro atoms. The van der Waals surface area contributed by atoms with E-state index in [1.165, 1.54) is 32.4 Å². The number of phosphoric acid groups is 1. The van der Waals surface area contributed by atoms with Gasteiger partial charge in [0, 0.05) is 12.1 Å². The molecule has 0 atom stereocenters. The van der Waals surface area contributed by atoms with Gasteiger partial charge in [-0.3, -0.25) is 14.6 Å². The summed E-state index contributed by atoms with van der Waals surface area (Å²) in [5.41, 5.74) is 0.607. The minimum Gasteiger partial charge on any atom is -0.496 e. The van der Waals surface area contributed by atoms with Gasteiger partial charge in [0.25, 0.3) is 0 Å². The second-order valence-electron chi connectivity index (χ2n) is 5.48. The van der Waals surface area contributed by atoms with E-state index in [0.29, 0.717) is 12.4 Å². The Balaban J connectivity index is 2.38. The third-order valence-electron chi connectivity index (χ3n) is 3.58. The molecule has 2 N–H and O–H groups in total. The van der Waals surface area contributed by atoms with E-state index in [2.05, 4.69) is 4.52 Å². The zero-order valence-corrected chi connectivity index (χ0v) is 16.5. The van der Waals surface area contributed by atoms with E-state index in [1.807, 2.05) is 6.92 Å². The minimum absolute atomic E-state index is 0.0594. The first kappa shape index (κ1) is 21.5. The molecule has 9 heteroatoms. The first-order valence-corrected chi connectivity index (χ1v) is 9.77. The van der Waals surface area contributed by atoms with E-state index in [1.54, 1.807) is 30.3 Å². The molecule has 0 aliphatic heterocycles. The smallest absolute Gasteiger partial charge is 0.496 e. The largest absolute Gasteiger partial charge is 0.524 e. The van der Waals surface area contributed by atoms with Gasteiger partial charge in [0.2, 0.25) is 0 Å². The molecule has 0 aromatic heterocycles. The highest BCUT2D eigenvalue weighted by molar-refractivity contribution is 7.46. The summed E-state index contributed by atoms with van der Waals surface area (Å²) in [6, 6.07) is 9.71. The van der Waals surface area contributed by atoms with Gasteiger partial charge in [-0.1, -0.05) is 18.2 Å². The van der Waals surface area contributed by atoms with E-state index in [9.17, 15) is 9.36 Å². The topological polar surface area (TPSA) is 112 Å². The molecular weight excluding hydrogens is 387 g/mol. The van der Waals surface area contributed by atoms with Crippen LogP contribution in [0.3, 0.4) is 0 Å². The summed E-state index contributed by atoms with van der Waals surface area (Å²) >= 11 is 0. The van der Waals surface area contributed by atoms with Crippen molar-refractivity contribution in [3.8, 4) is 23.0 Å². The molecule has 0 saturated carbocycles. The Bertz CT molecular complexity index is 899. The highest BCUT2D eigenvalue weighted by Gasteiger charge is 2.25. The Morgan fingerprint density at radius 3 is 2.21 bits per heavy atom. The second-order valence-corrected chi connectivity index (χ2v) is 6.65. The lowest BCUT2D eigenvalue weighted by Crippen LogP contribution is -2.04. The number of phosphoric ester groups is 1. The Morgan fingerprint density at radius 2 is 1.68 bits per heavy atom. The molecule has 2 aromatic carbocycles. The monoisotopic (exact) mass is 408 g/mol. The molecule has 2 rings (SSSR count). The van der Waals surface area contributed by atoms with Gasteiger partial charge in [-0.15, -0.1) is 0 Å². The predicted molar refractivity (Wildman–Crippen MR) is 103 cm³/mol. The maximum absolute atomic E-state index is 12.7. The van der Waals surface area contributed by atoms with Crippen molar-refractivity contribution < 1.29 is 37.9 Å². The quantitative estimate of drug-likeness (QED) is 0.369. The Kier molecular flexibility index (Phi) is 7.23. The number of carbonyl (C=O) groups is 1. The molecule has 28 heavy (non-hydrogen) atoms. The molecule has 0 radical (unpaired) electrons. The van der Waals surface area contributed by atoms with Crippen molar-refractivity contribution in [3.05, 3.63) is 53.6 Å². The van der Waals surface area contributed by atoms with Gasteiger partial charge in [-0.05, 0) is 30.7 Å². The molecule has 0 heterocycles.